The van der Waals surface area contributed by atoms with Gasteiger partial charge >= 0.3 is 0 Å². The molecule has 1 saturated heterocycles. The van der Waals surface area contributed by atoms with E-state index in [1.165, 1.54) is 6.42 Å². The molecule has 0 unspecified atom stereocenters. The van der Waals surface area contributed by atoms with Crippen molar-refractivity contribution in [3.63, 3.8) is 0 Å². The lowest BCUT2D eigenvalue weighted by Gasteiger charge is -2.27. The monoisotopic (exact) mass is 302 g/mol. The van der Waals surface area contributed by atoms with Crippen LogP contribution in [-0.2, 0) is 4.79 Å². The molecule has 0 aliphatic carbocycles. The summed E-state index contributed by atoms with van der Waals surface area (Å²) in [6.07, 6.45) is 4.94. The first kappa shape index (κ1) is 16.5. The Morgan fingerprint density at radius 2 is 1.73 bits per heavy atom. The fraction of sp³-hybridized carbons (Fsp3) is 0.556. The van der Waals surface area contributed by atoms with Crippen molar-refractivity contribution in [3.8, 4) is 0 Å². The Morgan fingerprint density at radius 3 is 2.36 bits per heavy atom. The highest BCUT2D eigenvalue weighted by Crippen LogP contribution is 2.21. The van der Waals surface area contributed by atoms with E-state index in [0.717, 1.165) is 38.8 Å². The molecule has 1 aliphatic heterocycles. The zero-order valence-electron chi connectivity index (χ0n) is 13.6. The van der Waals surface area contributed by atoms with Gasteiger partial charge < -0.3 is 10.2 Å². The highest BCUT2D eigenvalue weighted by molar-refractivity contribution is 6.04. The van der Waals surface area contributed by atoms with E-state index in [1.54, 1.807) is 6.07 Å². The van der Waals surface area contributed by atoms with Crippen molar-refractivity contribution in [3.05, 3.63) is 29.8 Å². The van der Waals surface area contributed by atoms with Crippen molar-refractivity contribution in [2.75, 3.05) is 18.4 Å². The third-order valence-electron chi connectivity index (χ3n) is 4.42. The van der Waals surface area contributed by atoms with Crippen LogP contribution in [0.15, 0.2) is 24.3 Å². The van der Waals surface area contributed by atoms with E-state index in [2.05, 4.69) is 5.32 Å². The lowest BCUT2D eigenvalue weighted by molar-refractivity contribution is -0.120. The number of carbonyl (C=O) groups excluding carboxylic acids is 2. The maximum absolute atomic E-state index is 12.7. The number of nitrogens with one attached hydrogen (secondary N) is 1. The van der Waals surface area contributed by atoms with Crippen LogP contribution in [-0.4, -0.2) is 29.8 Å². The van der Waals surface area contributed by atoms with Gasteiger partial charge in [0.1, 0.15) is 0 Å². The SMILES string of the molecule is CCC(CC)C(=O)Nc1ccccc1C(=O)N1CCCCC1. The van der Waals surface area contributed by atoms with Crippen molar-refractivity contribution >= 4 is 17.5 Å². The number of amides is 2. The predicted octanol–water partition coefficient (Wildman–Crippen LogP) is 3.69. The van der Waals surface area contributed by atoms with Crippen molar-refractivity contribution in [1.29, 1.82) is 0 Å². The molecule has 0 spiro atoms. The van der Waals surface area contributed by atoms with E-state index in [4.69, 9.17) is 0 Å². The average Bonchev–Trinajstić information content (AvgIpc) is 2.56. The van der Waals surface area contributed by atoms with Crippen LogP contribution >= 0.6 is 0 Å². The molecular formula is C18H26N2O2. The summed E-state index contributed by atoms with van der Waals surface area (Å²) in [4.78, 5) is 26.9. The molecule has 0 bridgehead atoms. The Labute approximate surface area is 132 Å². The maximum Gasteiger partial charge on any atom is 0.255 e. The number of likely N-dealkylation sites (tertiary alicyclic amines) is 1. The van der Waals surface area contributed by atoms with E-state index < -0.39 is 0 Å². The normalized spacial score (nSPS) is 15.0. The fourth-order valence-corrected chi connectivity index (χ4v) is 2.94. The maximum atomic E-state index is 12.7. The summed E-state index contributed by atoms with van der Waals surface area (Å²) in [5, 5.41) is 2.95. The molecule has 1 aromatic rings. The first-order chi connectivity index (χ1) is 10.7. The van der Waals surface area contributed by atoms with Gasteiger partial charge in [0.25, 0.3) is 5.91 Å². The van der Waals surface area contributed by atoms with Crippen molar-refractivity contribution < 1.29 is 9.59 Å². The van der Waals surface area contributed by atoms with Crippen LogP contribution in [0.2, 0.25) is 0 Å². The van der Waals surface area contributed by atoms with Crippen molar-refractivity contribution in [2.24, 2.45) is 5.92 Å². The standard InChI is InChI=1S/C18H26N2O2/c1-3-14(4-2)17(21)19-16-11-7-6-10-15(16)18(22)20-12-8-5-9-13-20/h6-7,10-11,14H,3-5,8-9,12-13H2,1-2H3,(H,19,21). The zero-order valence-corrected chi connectivity index (χ0v) is 13.6. The van der Waals surface area contributed by atoms with Gasteiger partial charge in [0.15, 0.2) is 0 Å². The van der Waals surface area contributed by atoms with Crippen LogP contribution in [0, 0.1) is 5.92 Å². The molecule has 2 amide bonds. The van der Waals surface area contributed by atoms with Gasteiger partial charge in [0.2, 0.25) is 5.91 Å². The summed E-state index contributed by atoms with van der Waals surface area (Å²) in [7, 11) is 0. The second kappa shape index (κ2) is 7.97. The Balaban J connectivity index is 2.15. The fourth-order valence-electron chi connectivity index (χ4n) is 2.94. The van der Waals surface area contributed by atoms with Gasteiger partial charge in [-0.15, -0.1) is 0 Å². The number of anilines is 1. The number of piperidine rings is 1. The Kier molecular flexibility index (Phi) is 5.99. The zero-order chi connectivity index (χ0) is 15.9. The van der Waals surface area contributed by atoms with Gasteiger partial charge in [-0.1, -0.05) is 26.0 Å². The molecule has 4 nitrogen and oxygen atoms in total. The predicted molar refractivity (Wildman–Crippen MR) is 88.9 cm³/mol. The molecule has 2 rings (SSSR count). The van der Waals surface area contributed by atoms with E-state index in [-0.39, 0.29) is 17.7 Å². The number of nitrogens with zero attached hydrogens (tertiary/aromatic N) is 1. The number of hydrogen-bond acceptors (Lipinski definition) is 2. The number of hydrogen-bond donors (Lipinski definition) is 1. The average molecular weight is 302 g/mol. The van der Waals surface area contributed by atoms with Gasteiger partial charge in [-0.3, -0.25) is 9.59 Å². The molecule has 0 atom stereocenters. The van der Waals surface area contributed by atoms with E-state index in [1.807, 2.05) is 36.9 Å². The molecule has 120 valence electrons. The Hall–Kier alpha value is -1.84. The topological polar surface area (TPSA) is 49.4 Å². The second-order valence-corrected chi connectivity index (χ2v) is 5.90. The molecule has 0 aromatic heterocycles. The number of para-hydroxylation sites is 1. The van der Waals surface area contributed by atoms with Crippen LogP contribution in [0.4, 0.5) is 5.69 Å². The summed E-state index contributed by atoms with van der Waals surface area (Å²) >= 11 is 0. The molecule has 1 heterocycles. The molecule has 4 heteroatoms. The smallest absolute Gasteiger partial charge is 0.255 e. The Bertz CT molecular complexity index is 518. The molecule has 1 N–H and O–H groups in total. The summed E-state index contributed by atoms with van der Waals surface area (Å²) in [6.45, 7) is 5.65. The van der Waals surface area contributed by atoms with Crippen LogP contribution in [0.5, 0.6) is 0 Å². The first-order valence-corrected chi connectivity index (χ1v) is 8.36. The van der Waals surface area contributed by atoms with Gasteiger partial charge in [0, 0.05) is 19.0 Å². The third-order valence-corrected chi connectivity index (χ3v) is 4.42. The van der Waals surface area contributed by atoms with Crippen molar-refractivity contribution in [2.45, 2.75) is 46.0 Å². The minimum absolute atomic E-state index is 0.00172. The summed E-state index contributed by atoms with van der Waals surface area (Å²) in [5.74, 6) is 0.0298. The summed E-state index contributed by atoms with van der Waals surface area (Å²) < 4.78 is 0. The number of rotatable bonds is 5. The first-order valence-electron chi connectivity index (χ1n) is 8.36. The van der Waals surface area contributed by atoms with Gasteiger partial charge in [0.05, 0.1) is 11.3 Å². The van der Waals surface area contributed by atoms with Gasteiger partial charge in [-0.2, -0.15) is 0 Å². The third kappa shape index (κ3) is 3.87. The van der Waals surface area contributed by atoms with Crippen LogP contribution in [0.25, 0.3) is 0 Å². The van der Waals surface area contributed by atoms with E-state index in [9.17, 15) is 9.59 Å². The van der Waals surface area contributed by atoms with Crippen LogP contribution < -0.4 is 5.32 Å². The minimum Gasteiger partial charge on any atom is -0.339 e. The van der Waals surface area contributed by atoms with Crippen LogP contribution in [0.1, 0.15) is 56.3 Å². The van der Waals surface area contributed by atoms with Crippen LogP contribution in [0.3, 0.4) is 0 Å². The number of carbonyl (C=O) groups is 2. The molecule has 1 aromatic carbocycles. The molecule has 0 saturated carbocycles. The van der Waals surface area contributed by atoms with E-state index >= 15 is 0 Å². The van der Waals surface area contributed by atoms with Gasteiger partial charge in [-0.05, 0) is 44.2 Å². The molecule has 22 heavy (non-hydrogen) atoms. The summed E-state index contributed by atoms with van der Waals surface area (Å²) in [6, 6.07) is 7.33. The molecule has 1 fully saturated rings. The second-order valence-electron chi connectivity index (χ2n) is 5.90. The largest absolute Gasteiger partial charge is 0.339 e. The summed E-state index contributed by atoms with van der Waals surface area (Å²) in [5.41, 5.74) is 1.23. The van der Waals surface area contributed by atoms with Crippen molar-refractivity contribution in [1.82, 2.24) is 4.90 Å². The lowest BCUT2D eigenvalue weighted by atomic mass is 10.0. The van der Waals surface area contributed by atoms with Gasteiger partial charge in [-0.25, -0.2) is 0 Å². The molecular weight excluding hydrogens is 276 g/mol. The lowest BCUT2D eigenvalue weighted by Crippen LogP contribution is -2.36. The highest BCUT2D eigenvalue weighted by atomic mass is 16.2. The molecule has 0 radical (unpaired) electrons. The quantitative estimate of drug-likeness (QED) is 0.902. The molecule has 1 aliphatic rings. The van der Waals surface area contributed by atoms with E-state index in [0.29, 0.717) is 11.3 Å². The highest BCUT2D eigenvalue weighted by Gasteiger charge is 2.22. The Morgan fingerprint density at radius 1 is 1.09 bits per heavy atom. The number of benzene rings is 1. The minimum atomic E-state index is -0.00172.